The Morgan fingerprint density at radius 1 is 1.44 bits per heavy atom. The predicted molar refractivity (Wildman–Crippen MR) is 69.8 cm³/mol. The summed E-state index contributed by atoms with van der Waals surface area (Å²) in [6, 6.07) is 6.51. The van der Waals surface area contributed by atoms with E-state index in [0.717, 1.165) is 0 Å². The summed E-state index contributed by atoms with van der Waals surface area (Å²) in [5, 5.41) is 4.18. The Morgan fingerprint density at radius 3 is 2.78 bits per heavy atom. The van der Waals surface area contributed by atoms with Gasteiger partial charge in [0.2, 0.25) is 0 Å². The third kappa shape index (κ3) is 2.31. The number of amides is 1. The molecule has 5 nitrogen and oxygen atoms in total. The topological polar surface area (TPSA) is 72.4 Å². The molecule has 0 radical (unpaired) electrons. The molecule has 18 heavy (non-hydrogen) atoms. The van der Waals surface area contributed by atoms with Crippen molar-refractivity contribution in [3.05, 3.63) is 40.7 Å². The number of hydrogen-bond donors (Lipinski definition) is 1. The third-order valence-corrected chi connectivity index (χ3v) is 2.74. The van der Waals surface area contributed by atoms with Gasteiger partial charge in [-0.05, 0) is 25.1 Å². The van der Waals surface area contributed by atoms with Crippen LogP contribution in [0, 0.1) is 6.92 Å². The monoisotopic (exact) mass is 265 g/mol. The molecule has 0 saturated carbocycles. The van der Waals surface area contributed by atoms with Crippen LogP contribution in [0.15, 0.2) is 28.8 Å². The van der Waals surface area contributed by atoms with E-state index in [-0.39, 0.29) is 11.6 Å². The Morgan fingerprint density at radius 2 is 2.17 bits per heavy atom. The molecule has 0 bridgehead atoms. The van der Waals surface area contributed by atoms with Crippen LogP contribution in [0.2, 0.25) is 5.02 Å². The lowest BCUT2D eigenvalue weighted by Crippen LogP contribution is -2.27. The van der Waals surface area contributed by atoms with Crippen LogP contribution >= 0.6 is 11.6 Å². The molecule has 0 saturated heterocycles. The van der Waals surface area contributed by atoms with Crippen molar-refractivity contribution < 1.29 is 9.32 Å². The summed E-state index contributed by atoms with van der Waals surface area (Å²) < 4.78 is 4.87. The maximum Gasteiger partial charge on any atom is 0.280 e. The molecule has 0 aliphatic heterocycles. The molecule has 0 unspecified atom stereocenters. The maximum atomic E-state index is 12.1. The molecular weight excluding hydrogens is 254 g/mol. The minimum absolute atomic E-state index is 0.231. The molecule has 0 aliphatic rings. The quantitative estimate of drug-likeness (QED) is 0.847. The van der Waals surface area contributed by atoms with Gasteiger partial charge in [0.1, 0.15) is 5.76 Å². The van der Waals surface area contributed by atoms with Crippen molar-refractivity contribution in [3.8, 4) is 0 Å². The number of nitrogens with zero attached hydrogens (tertiary/aromatic N) is 2. The van der Waals surface area contributed by atoms with Crippen LogP contribution in [0.3, 0.4) is 0 Å². The Balaban J connectivity index is 2.33. The average Bonchev–Trinajstić information content (AvgIpc) is 2.77. The smallest absolute Gasteiger partial charge is 0.280 e. The summed E-state index contributed by atoms with van der Waals surface area (Å²) >= 11 is 5.89. The van der Waals surface area contributed by atoms with E-state index in [1.165, 1.54) is 4.90 Å². The van der Waals surface area contributed by atoms with Gasteiger partial charge >= 0.3 is 0 Å². The van der Waals surface area contributed by atoms with E-state index in [9.17, 15) is 4.79 Å². The number of halogens is 1. The van der Waals surface area contributed by atoms with E-state index in [4.69, 9.17) is 21.9 Å². The first kappa shape index (κ1) is 12.4. The van der Waals surface area contributed by atoms with Gasteiger partial charge in [-0.2, -0.15) is 0 Å². The highest BCUT2D eigenvalue weighted by Crippen LogP contribution is 2.27. The standard InChI is InChI=1S/C12H12ClN3O2/c1-7-5-10(15-18-7)12(17)16(2)11-6-8(13)3-4-9(11)14/h3-6H,14H2,1-2H3. The molecule has 1 aromatic carbocycles. The summed E-state index contributed by atoms with van der Waals surface area (Å²) in [7, 11) is 1.61. The van der Waals surface area contributed by atoms with E-state index in [2.05, 4.69) is 5.16 Å². The van der Waals surface area contributed by atoms with Crippen LogP contribution in [0.5, 0.6) is 0 Å². The van der Waals surface area contributed by atoms with Crippen molar-refractivity contribution in [2.45, 2.75) is 6.92 Å². The van der Waals surface area contributed by atoms with Gasteiger partial charge in [0.05, 0.1) is 11.4 Å². The van der Waals surface area contributed by atoms with Crippen LogP contribution in [0.1, 0.15) is 16.2 Å². The molecule has 2 N–H and O–H groups in total. The van der Waals surface area contributed by atoms with Gasteiger partial charge < -0.3 is 15.2 Å². The summed E-state index contributed by atoms with van der Waals surface area (Å²) in [6.07, 6.45) is 0. The lowest BCUT2D eigenvalue weighted by molar-refractivity contribution is 0.0984. The van der Waals surface area contributed by atoms with E-state index < -0.39 is 0 Å². The number of aryl methyl sites for hydroxylation is 1. The number of nitrogen functional groups attached to an aromatic ring is 1. The zero-order chi connectivity index (χ0) is 13.3. The fourth-order valence-corrected chi connectivity index (χ4v) is 1.72. The molecule has 2 aromatic rings. The molecule has 1 aromatic heterocycles. The van der Waals surface area contributed by atoms with Gasteiger partial charge in [-0.1, -0.05) is 16.8 Å². The lowest BCUT2D eigenvalue weighted by Gasteiger charge is -2.18. The van der Waals surface area contributed by atoms with Gasteiger partial charge in [0.15, 0.2) is 5.69 Å². The van der Waals surface area contributed by atoms with Crippen LogP contribution in [0.25, 0.3) is 0 Å². The van der Waals surface area contributed by atoms with Crippen LogP contribution in [-0.2, 0) is 0 Å². The fraction of sp³-hybridized carbons (Fsp3) is 0.167. The predicted octanol–water partition coefficient (Wildman–Crippen LogP) is 2.50. The second-order valence-electron chi connectivity index (χ2n) is 3.89. The molecule has 6 heteroatoms. The highest BCUT2D eigenvalue weighted by molar-refractivity contribution is 6.31. The number of benzene rings is 1. The number of carbonyl (C=O) groups excluding carboxylic acids is 1. The minimum Gasteiger partial charge on any atom is -0.397 e. The van der Waals surface area contributed by atoms with Crippen molar-refractivity contribution in [2.75, 3.05) is 17.7 Å². The van der Waals surface area contributed by atoms with E-state index in [0.29, 0.717) is 22.2 Å². The van der Waals surface area contributed by atoms with Gasteiger partial charge in [0.25, 0.3) is 5.91 Å². The first-order chi connectivity index (χ1) is 8.49. The molecule has 2 rings (SSSR count). The molecule has 0 fully saturated rings. The Bertz CT molecular complexity index is 595. The van der Waals surface area contributed by atoms with Crippen molar-refractivity contribution in [2.24, 2.45) is 0 Å². The number of carbonyl (C=O) groups is 1. The van der Waals surface area contributed by atoms with Crippen LogP contribution in [0.4, 0.5) is 11.4 Å². The zero-order valence-corrected chi connectivity index (χ0v) is 10.7. The molecule has 0 aliphatic carbocycles. The van der Waals surface area contributed by atoms with Gasteiger partial charge in [-0.15, -0.1) is 0 Å². The van der Waals surface area contributed by atoms with E-state index in [1.807, 2.05) is 0 Å². The second-order valence-corrected chi connectivity index (χ2v) is 4.33. The largest absolute Gasteiger partial charge is 0.397 e. The van der Waals surface area contributed by atoms with Gasteiger partial charge in [0, 0.05) is 18.1 Å². The number of anilines is 2. The number of rotatable bonds is 2. The summed E-state index contributed by atoms with van der Waals surface area (Å²) in [4.78, 5) is 13.5. The normalized spacial score (nSPS) is 10.4. The van der Waals surface area contributed by atoms with Gasteiger partial charge in [-0.25, -0.2) is 0 Å². The van der Waals surface area contributed by atoms with Crippen LogP contribution in [-0.4, -0.2) is 18.1 Å². The maximum absolute atomic E-state index is 12.1. The number of hydrogen-bond acceptors (Lipinski definition) is 4. The van der Waals surface area contributed by atoms with Crippen molar-refractivity contribution >= 4 is 28.9 Å². The summed E-state index contributed by atoms with van der Waals surface area (Å²) in [6.45, 7) is 1.72. The summed E-state index contributed by atoms with van der Waals surface area (Å²) in [5.74, 6) is 0.270. The molecular formula is C12H12ClN3O2. The zero-order valence-electron chi connectivity index (χ0n) is 9.98. The molecule has 0 atom stereocenters. The Labute approximate surface area is 109 Å². The van der Waals surface area contributed by atoms with Crippen LogP contribution < -0.4 is 10.6 Å². The Hall–Kier alpha value is -2.01. The first-order valence-corrected chi connectivity index (χ1v) is 5.63. The van der Waals surface area contributed by atoms with E-state index >= 15 is 0 Å². The molecule has 0 spiro atoms. The van der Waals surface area contributed by atoms with Gasteiger partial charge in [-0.3, -0.25) is 4.79 Å². The number of aromatic nitrogens is 1. The Kier molecular flexibility index (Phi) is 3.25. The SMILES string of the molecule is Cc1cc(C(=O)N(C)c2cc(Cl)ccc2N)no1. The summed E-state index contributed by atoms with van der Waals surface area (Å²) in [5.41, 5.74) is 7.05. The third-order valence-electron chi connectivity index (χ3n) is 2.51. The average molecular weight is 266 g/mol. The highest BCUT2D eigenvalue weighted by atomic mass is 35.5. The lowest BCUT2D eigenvalue weighted by atomic mass is 10.2. The highest BCUT2D eigenvalue weighted by Gasteiger charge is 2.19. The second kappa shape index (κ2) is 4.70. The number of nitrogens with two attached hydrogens (primary N) is 1. The molecule has 1 amide bonds. The van der Waals surface area contributed by atoms with Crippen molar-refractivity contribution in [3.63, 3.8) is 0 Å². The first-order valence-electron chi connectivity index (χ1n) is 5.25. The van der Waals surface area contributed by atoms with E-state index in [1.54, 1.807) is 38.2 Å². The van der Waals surface area contributed by atoms with Crippen molar-refractivity contribution in [1.82, 2.24) is 5.16 Å². The molecule has 94 valence electrons. The van der Waals surface area contributed by atoms with Crippen molar-refractivity contribution in [1.29, 1.82) is 0 Å². The molecule has 1 heterocycles. The fourth-order valence-electron chi connectivity index (χ4n) is 1.56. The minimum atomic E-state index is -0.305.